The molecule has 0 amide bonds. The van der Waals surface area contributed by atoms with Crippen molar-refractivity contribution in [3.8, 4) is 28.3 Å². The molecule has 3 rings (SSSR count). The first-order valence-corrected chi connectivity index (χ1v) is 7.08. The summed E-state index contributed by atoms with van der Waals surface area (Å²) in [6, 6.07) is 6.83. The van der Waals surface area contributed by atoms with Crippen LogP contribution in [0.2, 0.25) is 0 Å². The number of hydrogen-bond donors (Lipinski definition) is 1. The highest BCUT2D eigenvalue weighted by molar-refractivity contribution is 5.95. The lowest BCUT2D eigenvalue weighted by molar-refractivity contribution is 0.0693. The van der Waals surface area contributed by atoms with Crippen LogP contribution < -0.4 is 9.47 Å². The van der Waals surface area contributed by atoms with Crippen molar-refractivity contribution in [2.75, 3.05) is 14.2 Å². The molecule has 1 aromatic carbocycles. The highest BCUT2D eigenvalue weighted by Crippen LogP contribution is 2.37. The molecule has 0 aliphatic rings. The van der Waals surface area contributed by atoms with Crippen LogP contribution in [0.5, 0.6) is 11.5 Å². The van der Waals surface area contributed by atoms with Gasteiger partial charge >= 0.3 is 5.97 Å². The molecule has 0 atom stereocenters. The van der Waals surface area contributed by atoms with Gasteiger partial charge in [0.15, 0.2) is 0 Å². The fourth-order valence-electron chi connectivity index (χ4n) is 2.41. The molecular weight excluding hydrogens is 310 g/mol. The van der Waals surface area contributed by atoms with Gasteiger partial charge < -0.3 is 14.6 Å². The number of carbonyl (C=O) groups is 1. The van der Waals surface area contributed by atoms with Crippen molar-refractivity contribution in [3.05, 3.63) is 54.6 Å². The third kappa shape index (κ3) is 2.79. The average Bonchev–Trinajstić information content (AvgIpc) is 3.11. The summed E-state index contributed by atoms with van der Waals surface area (Å²) in [7, 11) is 2.92. The summed E-state index contributed by atoms with van der Waals surface area (Å²) in [5, 5.41) is 13.7. The summed E-state index contributed by atoms with van der Waals surface area (Å²) in [5.41, 5.74) is 2.12. The van der Waals surface area contributed by atoms with Crippen LogP contribution in [0.1, 0.15) is 10.4 Å². The van der Waals surface area contributed by atoms with Crippen LogP contribution in [-0.4, -0.2) is 40.1 Å². The van der Waals surface area contributed by atoms with Gasteiger partial charge in [-0.05, 0) is 24.3 Å². The number of pyridine rings is 1. The lowest BCUT2D eigenvalue weighted by atomic mass is 10.0. The molecule has 2 heterocycles. The Morgan fingerprint density at radius 1 is 1.21 bits per heavy atom. The zero-order valence-corrected chi connectivity index (χ0v) is 13.1. The Balaban J connectivity index is 2.14. The van der Waals surface area contributed by atoms with Crippen molar-refractivity contribution in [2.45, 2.75) is 0 Å². The predicted octanol–water partition coefficient (Wildman–Crippen LogP) is 2.65. The lowest BCUT2D eigenvalue weighted by Crippen LogP contribution is -2.03. The van der Waals surface area contributed by atoms with E-state index in [2.05, 4.69) is 10.1 Å². The smallest absolute Gasteiger partial charge is 0.339 e. The second-order valence-electron chi connectivity index (χ2n) is 4.95. The molecule has 0 saturated heterocycles. The Bertz CT molecular complexity index is 875. The Hall–Kier alpha value is -3.35. The number of carboxylic acid groups (broad SMARTS) is 1. The highest BCUT2D eigenvalue weighted by atomic mass is 16.5. The van der Waals surface area contributed by atoms with Crippen LogP contribution in [-0.2, 0) is 0 Å². The van der Waals surface area contributed by atoms with Gasteiger partial charge in [0.25, 0.3) is 0 Å². The number of rotatable bonds is 5. The SMILES string of the molecule is COc1cc(C(=O)O)c(OC)c(-c2cnn(-c3cccnc3)c2)c1. The monoisotopic (exact) mass is 325 g/mol. The van der Waals surface area contributed by atoms with E-state index >= 15 is 0 Å². The molecule has 2 aromatic heterocycles. The minimum Gasteiger partial charge on any atom is -0.497 e. The molecule has 122 valence electrons. The van der Waals surface area contributed by atoms with Gasteiger partial charge in [-0.15, -0.1) is 0 Å². The van der Waals surface area contributed by atoms with Gasteiger partial charge in [0, 0.05) is 23.5 Å². The van der Waals surface area contributed by atoms with E-state index in [1.54, 1.807) is 35.5 Å². The Morgan fingerprint density at radius 2 is 2.04 bits per heavy atom. The second-order valence-corrected chi connectivity index (χ2v) is 4.95. The van der Waals surface area contributed by atoms with Crippen molar-refractivity contribution in [3.63, 3.8) is 0 Å². The third-order valence-electron chi connectivity index (χ3n) is 3.54. The molecule has 0 fully saturated rings. The summed E-state index contributed by atoms with van der Waals surface area (Å²) in [5.74, 6) is -0.405. The number of aromatic carboxylic acids is 1. The molecule has 0 spiro atoms. The van der Waals surface area contributed by atoms with E-state index in [9.17, 15) is 9.90 Å². The molecule has 7 nitrogen and oxygen atoms in total. The maximum absolute atomic E-state index is 11.5. The Morgan fingerprint density at radius 3 is 2.67 bits per heavy atom. The molecule has 0 radical (unpaired) electrons. The van der Waals surface area contributed by atoms with Crippen molar-refractivity contribution in [2.24, 2.45) is 0 Å². The van der Waals surface area contributed by atoms with E-state index in [0.29, 0.717) is 16.9 Å². The summed E-state index contributed by atoms with van der Waals surface area (Å²) in [6.45, 7) is 0. The Labute approximate surface area is 138 Å². The quantitative estimate of drug-likeness (QED) is 0.776. The molecule has 3 aromatic rings. The summed E-state index contributed by atoms with van der Waals surface area (Å²) in [6.07, 6.45) is 6.77. The van der Waals surface area contributed by atoms with E-state index in [-0.39, 0.29) is 11.3 Å². The maximum atomic E-state index is 11.5. The minimum atomic E-state index is -1.09. The second kappa shape index (κ2) is 6.41. The van der Waals surface area contributed by atoms with Crippen molar-refractivity contribution >= 4 is 5.97 Å². The van der Waals surface area contributed by atoms with Gasteiger partial charge in [0.1, 0.15) is 17.1 Å². The van der Waals surface area contributed by atoms with Crippen molar-refractivity contribution in [1.82, 2.24) is 14.8 Å². The van der Waals surface area contributed by atoms with E-state index in [0.717, 1.165) is 5.69 Å². The summed E-state index contributed by atoms with van der Waals surface area (Å²) in [4.78, 5) is 15.6. The standard InChI is InChI=1S/C17H15N3O4/c1-23-13-6-14(16(24-2)15(7-13)17(21)22)11-8-19-20(10-11)12-4-3-5-18-9-12/h3-10H,1-2H3,(H,21,22). The molecule has 0 unspecified atom stereocenters. The first kappa shape index (κ1) is 15.5. The van der Waals surface area contributed by atoms with Crippen molar-refractivity contribution < 1.29 is 19.4 Å². The van der Waals surface area contributed by atoms with Crippen molar-refractivity contribution in [1.29, 1.82) is 0 Å². The van der Waals surface area contributed by atoms with E-state index in [1.165, 1.54) is 20.3 Å². The summed E-state index contributed by atoms with van der Waals surface area (Å²) < 4.78 is 12.2. The lowest BCUT2D eigenvalue weighted by Gasteiger charge is -2.12. The van der Waals surface area contributed by atoms with Gasteiger partial charge in [-0.3, -0.25) is 4.98 Å². The molecule has 0 bridgehead atoms. The number of aromatic nitrogens is 3. The highest BCUT2D eigenvalue weighted by Gasteiger charge is 2.19. The zero-order chi connectivity index (χ0) is 17.1. The van der Waals surface area contributed by atoms with Gasteiger partial charge in [-0.25, -0.2) is 9.48 Å². The first-order valence-electron chi connectivity index (χ1n) is 7.08. The number of nitrogens with zero attached hydrogens (tertiary/aromatic N) is 3. The van der Waals surface area contributed by atoms with E-state index in [1.807, 2.05) is 12.1 Å². The van der Waals surface area contributed by atoms with Crippen LogP contribution in [0.25, 0.3) is 16.8 Å². The number of hydrogen-bond acceptors (Lipinski definition) is 5. The molecule has 24 heavy (non-hydrogen) atoms. The maximum Gasteiger partial charge on any atom is 0.339 e. The fraction of sp³-hybridized carbons (Fsp3) is 0.118. The largest absolute Gasteiger partial charge is 0.497 e. The van der Waals surface area contributed by atoms with E-state index < -0.39 is 5.97 Å². The fourth-order valence-corrected chi connectivity index (χ4v) is 2.41. The molecule has 7 heteroatoms. The number of ether oxygens (including phenoxy) is 2. The van der Waals surface area contributed by atoms with Crippen LogP contribution in [0.3, 0.4) is 0 Å². The van der Waals surface area contributed by atoms with Gasteiger partial charge in [-0.1, -0.05) is 0 Å². The third-order valence-corrected chi connectivity index (χ3v) is 3.54. The van der Waals surface area contributed by atoms with E-state index in [4.69, 9.17) is 9.47 Å². The van der Waals surface area contributed by atoms with Crippen LogP contribution in [0.4, 0.5) is 0 Å². The van der Waals surface area contributed by atoms with Gasteiger partial charge in [0.2, 0.25) is 0 Å². The number of methoxy groups -OCH3 is 2. The van der Waals surface area contributed by atoms with Crippen LogP contribution >= 0.6 is 0 Å². The number of carboxylic acids is 1. The Kier molecular flexibility index (Phi) is 4.15. The first-order chi connectivity index (χ1) is 11.6. The topological polar surface area (TPSA) is 86.5 Å². The zero-order valence-electron chi connectivity index (χ0n) is 13.1. The van der Waals surface area contributed by atoms with Gasteiger partial charge in [-0.2, -0.15) is 5.10 Å². The molecular formula is C17H15N3O4. The summed E-state index contributed by atoms with van der Waals surface area (Å²) >= 11 is 0. The minimum absolute atomic E-state index is 0.0287. The molecule has 0 aliphatic heterocycles. The molecule has 1 N–H and O–H groups in total. The van der Waals surface area contributed by atoms with Crippen LogP contribution in [0, 0.1) is 0 Å². The predicted molar refractivity (Wildman–Crippen MR) is 86.9 cm³/mol. The molecule has 0 saturated carbocycles. The van der Waals surface area contributed by atoms with Gasteiger partial charge in [0.05, 0.1) is 32.3 Å². The number of benzene rings is 1. The average molecular weight is 325 g/mol. The molecule has 0 aliphatic carbocycles. The normalized spacial score (nSPS) is 10.4. The van der Waals surface area contributed by atoms with Crippen LogP contribution in [0.15, 0.2) is 49.1 Å².